The monoisotopic (exact) mass is 847 g/mol. The standard InChI is InChI=1S/C48H78N2O10.2H2/c1-36(2)31-43(53)33-38(44(54)35-40(47(49)58)32-37-24-27-41(51)28-25-37)21-19-20-30-50-45(55)29-26-39(48(59)60)34-42(52)22-17-15-13-11-9-7-5-3-4-6-8-10-12-14-16-18-23-46(56)57;;/h24-25,27-28,36,38-40,51H,3-23,26,29-35H2,1-2H3,(H2,49,58)(H,50,55)(H,56,57)(H,59,60);2*1H/t38-,39-,40-;;/m1../s1. The van der Waals surface area contributed by atoms with Crippen molar-refractivity contribution in [3.05, 3.63) is 29.8 Å². The number of nitrogens with two attached hydrogens (primary N) is 1. The number of carbonyl (C=O) groups is 7. The molecule has 3 atom stereocenters. The number of carbonyl (C=O) groups excluding carboxylic acids is 5. The number of primary amides is 1. The Balaban J connectivity index is 0. The molecule has 0 aromatic heterocycles. The number of phenols is 1. The molecule has 0 aliphatic rings. The number of aliphatic carboxylic acids is 2. The predicted octanol–water partition coefficient (Wildman–Crippen LogP) is 9.94. The Kier molecular flexibility index (Phi) is 30.2. The highest BCUT2D eigenvalue weighted by atomic mass is 16.4. The summed E-state index contributed by atoms with van der Waals surface area (Å²) in [7, 11) is 0. The first kappa shape index (κ1) is 53.9. The zero-order chi connectivity index (χ0) is 44.5. The van der Waals surface area contributed by atoms with E-state index in [2.05, 4.69) is 5.32 Å². The first-order valence-corrected chi connectivity index (χ1v) is 23.0. The van der Waals surface area contributed by atoms with Crippen molar-refractivity contribution in [2.24, 2.45) is 29.4 Å². The van der Waals surface area contributed by atoms with E-state index in [0.29, 0.717) is 38.6 Å². The Morgan fingerprint density at radius 2 is 1.07 bits per heavy atom. The number of unbranched alkanes of at least 4 members (excludes halogenated alkanes) is 16. The summed E-state index contributed by atoms with van der Waals surface area (Å²) in [6.45, 7) is 4.19. The number of aromatic hydroxyl groups is 1. The second-order valence-electron chi connectivity index (χ2n) is 17.4. The lowest BCUT2D eigenvalue weighted by Gasteiger charge is -2.19. The van der Waals surface area contributed by atoms with E-state index in [1.165, 1.54) is 69.9 Å². The molecule has 1 aromatic carbocycles. The van der Waals surface area contributed by atoms with Crippen LogP contribution in [-0.4, -0.2) is 63.0 Å². The largest absolute Gasteiger partial charge is 0.508 e. The third-order valence-corrected chi connectivity index (χ3v) is 11.3. The molecule has 0 heterocycles. The van der Waals surface area contributed by atoms with Gasteiger partial charge in [0.15, 0.2) is 0 Å². The molecule has 0 radical (unpaired) electrons. The van der Waals surface area contributed by atoms with Crippen molar-refractivity contribution in [3.63, 3.8) is 0 Å². The fraction of sp³-hybridized carbons (Fsp3) is 0.729. The number of benzene rings is 1. The van der Waals surface area contributed by atoms with Crippen LogP contribution in [0.25, 0.3) is 0 Å². The van der Waals surface area contributed by atoms with Gasteiger partial charge in [0.25, 0.3) is 0 Å². The molecule has 0 aliphatic heterocycles. The molecule has 0 saturated carbocycles. The zero-order valence-corrected chi connectivity index (χ0v) is 36.9. The summed E-state index contributed by atoms with van der Waals surface area (Å²) in [6.07, 6.45) is 20.7. The topological polar surface area (TPSA) is 218 Å². The molecule has 12 nitrogen and oxygen atoms in total. The van der Waals surface area contributed by atoms with Crippen LogP contribution in [-0.2, 0) is 40.0 Å². The van der Waals surface area contributed by atoms with Crippen molar-refractivity contribution >= 4 is 41.1 Å². The first-order chi connectivity index (χ1) is 28.7. The van der Waals surface area contributed by atoms with Crippen molar-refractivity contribution in [1.82, 2.24) is 5.32 Å². The lowest BCUT2D eigenvalue weighted by molar-refractivity contribution is -0.144. The third kappa shape index (κ3) is 29.2. The molecule has 0 spiro atoms. The van der Waals surface area contributed by atoms with Gasteiger partial charge in [0.2, 0.25) is 11.8 Å². The maximum absolute atomic E-state index is 13.4. The SMILES string of the molecule is CC(C)CC(=O)C[C@@H](CCCCNC(=O)CC[C@H](CC(=O)CCCCCCCCCCCCCCCCCCC(=O)O)C(=O)O)C(=O)C[C@@H](Cc1ccc(O)cc1)C(N)=O.[HH].[HH]. The van der Waals surface area contributed by atoms with E-state index in [0.717, 1.165) is 50.5 Å². The number of nitrogens with one attached hydrogen (secondary N) is 1. The van der Waals surface area contributed by atoms with Gasteiger partial charge in [-0.15, -0.1) is 0 Å². The lowest BCUT2D eigenvalue weighted by atomic mass is 9.84. The van der Waals surface area contributed by atoms with E-state index in [4.69, 9.17) is 10.8 Å². The van der Waals surface area contributed by atoms with Crippen LogP contribution in [0.2, 0.25) is 0 Å². The molecule has 1 rings (SSSR count). The molecule has 0 aliphatic carbocycles. The molecule has 2 amide bonds. The fourth-order valence-corrected chi connectivity index (χ4v) is 7.69. The predicted molar refractivity (Wildman–Crippen MR) is 239 cm³/mol. The molecule has 344 valence electrons. The van der Waals surface area contributed by atoms with Crippen molar-refractivity contribution in [2.75, 3.05) is 6.54 Å². The summed E-state index contributed by atoms with van der Waals surface area (Å²) in [5.74, 6) is -5.00. The Bertz CT molecular complexity index is 1420. The first-order valence-electron chi connectivity index (χ1n) is 23.0. The maximum atomic E-state index is 13.4. The van der Waals surface area contributed by atoms with Gasteiger partial charge in [-0.3, -0.25) is 33.6 Å². The maximum Gasteiger partial charge on any atom is 0.306 e. The highest BCUT2D eigenvalue weighted by Gasteiger charge is 2.27. The Morgan fingerprint density at radius 3 is 1.55 bits per heavy atom. The second-order valence-corrected chi connectivity index (χ2v) is 17.4. The number of phenolic OH excluding ortho intramolecular Hbond substituents is 1. The molecule has 0 unspecified atom stereocenters. The van der Waals surface area contributed by atoms with Crippen LogP contribution in [0.1, 0.15) is 196 Å². The van der Waals surface area contributed by atoms with Crippen LogP contribution >= 0.6 is 0 Å². The summed E-state index contributed by atoms with van der Waals surface area (Å²) < 4.78 is 0. The molecule has 1 aromatic rings. The summed E-state index contributed by atoms with van der Waals surface area (Å²) >= 11 is 0. The van der Waals surface area contributed by atoms with Gasteiger partial charge < -0.3 is 26.4 Å². The van der Waals surface area contributed by atoms with Crippen LogP contribution < -0.4 is 11.1 Å². The van der Waals surface area contributed by atoms with Gasteiger partial charge in [-0.05, 0) is 62.1 Å². The number of hydrogen-bond donors (Lipinski definition) is 5. The van der Waals surface area contributed by atoms with Gasteiger partial charge >= 0.3 is 11.9 Å². The number of Topliss-reactive ketones (excluding diaryl/α,β-unsaturated/α-hetero) is 3. The van der Waals surface area contributed by atoms with Crippen LogP contribution in [0.15, 0.2) is 24.3 Å². The molecule has 0 fully saturated rings. The van der Waals surface area contributed by atoms with Crippen molar-refractivity contribution in [2.45, 2.75) is 194 Å². The summed E-state index contributed by atoms with van der Waals surface area (Å²) in [5, 5.41) is 30.7. The number of carboxylic acids is 2. The van der Waals surface area contributed by atoms with Crippen LogP contribution in [0.4, 0.5) is 0 Å². The van der Waals surface area contributed by atoms with Gasteiger partial charge in [-0.1, -0.05) is 122 Å². The number of ketones is 3. The minimum atomic E-state index is -1.08. The molecular weight excluding hydrogens is 765 g/mol. The Morgan fingerprint density at radius 1 is 0.567 bits per heavy atom. The Hall–Kier alpha value is -4.09. The van der Waals surface area contributed by atoms with Crippen LogP contribution in [0.5, 0.6) is 5.75 Å². The third-order valence-electron chi connectivity index (χ3n) is 11.3. The number of amides is 2. The van der Waals surface area contributed by atoms with Crippen molar-refractivity contribution in [1.29, 1.82) is 0 Å². The van der Waals surface area contributed by atoms with Gasteiger partial charge in [-0.25, -0.2) is 0 Å². The van der Waals surface area contributed by atoms with Gasteiger partial charge in [0.05, 0.1) is 5.92 Å². The van der Waals surface area contributed by atoms with Crippen molar-refractivity contribution < 1.29 is 51.7 Å². The summed E-state index contributed by atoms with van der Waals surface area (Å²) in [4.78, 5) is 86.0. The number of carboxylic acid groups (broad SMARTS) is 2. The number of rotatable bonds is 40. The van der Waals surface area contributed by atoms with Crippen LogP contribution in [0, 0.1) is 23.7 Å². The van der Waals surface area contributed by atoms with E-state index in [1.807, 2.05) is 13.8 Å². The molecular formula is C48H82N2O10. The van der Waals surface area contributed by atoms with E-state index >= 15 is 0 Å². The van der Waals surface area contributed by atoms with E-state index in [1.54, 1.807) is 12.1 Å². The smallest absolute Gasteiger partial charge is 0.306 e. The minimum Gasteiger partial charge on any atom is -0.508 e. The highest BCUT2D eigenvalue weighted by Crippen LogP contribution is 2.24. The normalized spacial score (nSPS) is 12.8. The molecule has 60 heavy (non-hydrogen) atoms. The van der Waals surface area contributed by atoms with Crippen LogP contribution in [0.3, 0.4) is 0 Å². The molecule has 12 heteroatoms. The van der Waals surface area contributed by atoms with Gasteiger partial charge in [0.1, 0.15) is 23.1 Å². The molecule has 0 saturated heterocycles. The molecule has 0 bridgehead atoms. The minimum absolute atomic E-state index is 0. The van der Waals surface area contributed by atoms with Gasteiger partial charge in [-0.2, -0.15) is 0 Å². The zero-order valence-electron chi connectivity index (χ0n) is 36.9. The fourth-order valence-electron chi connectivity index (χ4n) is 7.69. The lowest BCUT2D eigenvalue weighted by Crippen LogP contribution is -2.30. The molecule has 6 N–H and O–H groups in total. The highest BCUT2D eigenvalue weighted by molar-refractivity contribution is 5.91. The average molecular weight is 847 g/mol. The van der Waals surface area contributed by atoms with E-state index < -0.39 is 35.6 Å². The summed E-state index contributed by atoms with van der Waals surface area (Å²) in [6, 6.07) is 6.35. The van der Waals surface area contributed by atoms with E-state index in [9.17, 15) is 43.8 Å². The van der Waals surface area contributed by atoms with Crippen molar-refractivity contribution in [3.8, 4) is 5.75 Å². The second kappa shape index (κ2) is 33.6. The Labute approximate surface area is 362 Å². The summed E-state index contributed by atoms with van der Waals surface area (Å²) in [5.41, 5.74) is 6.41. The average Bonchev–Trinajstić information content (AvgIpc) is 3.18. The quantitative estimate of drug-likeness (QED) is 0.0394. The van der Waals surface area contributed by atoms with E-state index in [-0.39, 0.29) is 82.7 Å². The van der Waals surface area contributed by atoms with Gasteiger partial charge in [0, 0.05) is 66.2 Å². The number of hydrogen-bond acceptors (Lipinski definition) is 8.